The molecule has 1 aromatic carbocycles. The molecule has 2 heterocycles. The zero-order valence-electron chi connectivity index (χ0n) is 13.7. The third kappa shape index (κ3) is 2.79. The van der Waals surface area contributed by atoms with Gasteiger partial charge in [0.25, 0.3) is 5.91 Å². The fourth-order valence-electron chi connectivity index (χ4n) is 3.37. The molecule has 2 aliphatic heterocycles. The van der Waals surface area contributed by atoms with Crippen molar-refractivity contribution in [1.82, 2.24) is 4.90 Å². The highest BCUT2D eigenvalue weighted by molar-refractivity contribution is 6.02. The molecule has 6 nitrogen and oxygen atoms in total. The summed E-state index contributed by atoms with van der Waals surface area (Å²) in [5, 5.41) is 3.32. The van der Waals surface area contributed by atoms with Crippen LogP contribution in [0.5, 0.6) is 5.75 Å². The lowest BCUT2D eigenvalue weighted by Crippen LogP contribution is -2.44. The first-order valence-electron chi connectivity index (χ1n) is 8.04. The van der Waals surface area contributed by atoms with Crippen molar-refractivity contribution in [3.8, 4) is 5.75 Å². The van der Waals surface area contributed by atoms with Gasteiger partial charge in [0, 0.05) is 20.1 Å². The zero-order valence-corrected chi connectivity index (χ0v) is 13.7. The number of carbonyl (C=O) groups is 2. The van der Waals surface area contributed by atoms with E-state index >= 15 is 0 Å². The van der Waals surface area contributed by atoms with E-state index < -0.39 is 5.97 Å². The van der Waals surface area contributed by atoms with Crippen molar-refractivity contribution in [2.24, 2.45) is 0 Å². The molecule has 1 N–H and O–H groups in total. The summed E-state index contributed by atoms with van der Waals surface area (Å²) in [5.74, 6) is -0.0340. The Kier molecular flexibility index (Phi) is 4.26. The number of anilines is 1. The molecule has 6 heteroatoms. The van der Waals surface area contributed by atoms with Crippen LogP contribution in [0.2, 0.25) is 0 Å². The van der Waals surface area contributed by atoms with Crippen LogP contribution in [0.25, 0.3) is 0 Å². The Morgan fingerprint density at radius 2 is 2.22 bits per heavy atom. The maximum atomic E-state index is 12.9. The van der Waals surface area contributed by atoms with Crippen molar-refractivity contribution in [1.29, 1.82) is 0 Å². The van der Waals surface area contributed by atoms with Gasteiger partial charge in [-0.1, -0.05) is 6.07 Å². The molecule has 0 radical (unpaired) electrons. The number of hydrogen-bond acceptors (Lipinski definition) is 5. The van der Waals surface area contributed by atoms with Crippen molar-refractivity contribution in [3.05, 3.63) is 23.3 Å². The average molecular weight is 318 g/mol. The fraction of sp³-hybridized carbons (Fsp3) is 0.529. The standard InChI is InChI=1S/C17H22N2O4/c1-4-22-16-13-6-5-9-19(13)17(21)12-8-7-10(2)15(14(12)18-16)23-11(3)20/h7-8,13,16,18H,4-6,9H2,1-3H3. The van der Waals surface area contributed by atoms with Gasteiger partial charge < -0.3 is 19.7 Å². The fourth-order valence-corrected chi connectivity index (χ4v) is 3.37. The molecule has 0 aliphatic carbocycles. The highest BCUT2D eigenvalue weighted by Gasteiger charge is 2.40. The van der Waals surface area contributed by atoms with Crippen LogP contribution in [0.3, 0.4) is 0 Å². The smallest absolute Gasteiger partial charge is 0.308 e. The van der Waals surface area contributed by atoms with Crippen LogP contribution in [-0.4, -0.2) is 42.2 Å². The highest BCUT2D eigenvalue weighted by Crippen LogP contribution is 2.39. The first kappa shape index (κ1) is 15.8. The second kappa shape index (κ2) is 6.20. The van der Waals surface area contributed by atoms with Gasteiger partial charge in [0.15, 0.2) is 5.75 Å². The molecule has 3 rings (SSSR count). The summed E-state index contributed by atoms with van der Waals surface area (Å²) >= 11 is 0. The molecule has 0 aromatic heterocycles. The normalized spacial score (nSPS) is 22.9. The third-order valence-electron chi connectivity index (χ3n) is 4.37. The lowest BCUT2D eigenvalue weighted by Gasteiger charge is -2.29. The molecule has 124 valence electrons. The van der Waals surface area contributed by atoms with Gasteiger partial charge in [-0.25, -0.2) is 0 Å². The third-order valence-corrected chi connectivity index (χ3v) is 4.37. The minimum absolute atomic E-state index is 0.000309. The molecule has 0 bridgehead atoms. The van der Waals surface area contributed by atoms with Gasteiger partial charge in [0.2, 0.25) is 0 Å². The number of nitrogens with one attached hydrogen (secondary N) is 1. The number of aryl methyl sites for hydroxylation is 1. The summed E-state index contributed by atoms with van der Waals surface area (Å²) in [4.78, 5) is 26.2. The van der Waals surface area contributed by atoms with Crippen molar-refractivity contribution < 1.29 is 19.1 Å². The maximum Gasteiger partial charge on any atom is 0.308 e. The Balaban J connectivity index is 2.10. The number of ether oxygens (including phenoxy) is 2. The second-order valence-electron chi connectivity index (χ2n) is 5.96. The van der Waals surface area contributed by atoms with Crippen molar-refractivity contribution in [3.63, 3.8) is 0 Å². The zero-order chi connectivity index (χ0) is 16.6. The van der Waals surface area contributed by atoms with Gasteiger partial charge in [-0.2, -0.15) is 0 Å². The molecule has 1 saturated heterocycles. The van der Waals surface area contributed by atoms with Crippen LogP contribution >= 0.6 is 0 Å². The lowest BCUT2D eigenvalue weighted by atomic mass is 10.1. The molecule has 23 heavy (non-hydrogen) atoms. The molecular formula is C17H22N2O4. The Morgan fingerprint density at radius 1 is 1.43 bits per heavy atom. The number of carbonyl (C=O) groups excluding carboxylic acids is 2. The van der Waals surface area contributed by atoms with Gasteiger partial charge in [-0.05, 0) is 38.3 Å². The predicted molar refractivity (Wildman–Crippen MR) is 85.6 cm³/mol. The minimum atomic E-state index is -0.409. The number of rotatable bonds is 3. The van der Waals surface area contributed by atoms with Gasteiger partial charge in [0.05, 0.1) is 17.3 Å². The monoisotopic (exact) mass is 318 g/mol. The molecule has 0 saturated carbocycles. The Labute approximate surface area is 135 Å². The van der Waals surface area contributed by atoms with Crippen molar-refractivity contribution in [2.45, 2.75) is 45.9 Å². The van der Waals surface area contributed by atoms with Crippen LogP contribution in [0.15, 0.2) is 12.1 Å². The summed E-state index contributed by atoms with van der Waals surface area (Å²) < 4.78 is 11.2. The van der Waals surface area contributed by atoms with Crippen LogP contribution in [0.1, 0.15) is 42.6 Å². The number of benzene rings is 1. The Morgan fingerprint density at radius 3 is 2.91 bits per heavy atom. The van der Waals surface area contributed by atoms with E-state index in [4.69, 9.17) is 9.47 Å². The van der Waals surface area contributed by atoms with Crippen molar-refractivity contribution in [2.75, 3.05) is 18.5 Å². The SMILES string of the molecule is CCOC1Nc2c(ccc(C)c2OC(C)=O)C(=O)N2CCCC12. The summed E-state index contributed by atoms with van der Waals surface area (Å²) in [6, 6.07) is 3.60. The quantitative estimate of drug-likeness (QED) is 0.684. The molecule has 2 atom stereocenters. The predicted octanol–water partition coefficient (Wildman–Crippen LogP) is 2.31. The second-order valence-corrected chi connectivity index (χ2v) is 5.96. The van der Waals surface area contributed by atoms with E-state index in [2.05, 4.69) is 5.32 Å². The molecule has 1 amide bonds. The Bertz CT molecular complexity index is 644. The van der Waals surface area contributed by atoms with Crippen LogP contribution in [0.4, 0.5) is 5.69 Å². The van der Waals surface area contributed by atoms with Crippen LogP contribution < -0.4 is 10.1 Å². The van der Waals surface area contributed by atoms with E-state index in [0.29, 0.717) is 23.6 Å². The maximum absolute atomic E-state index is 12.9. The highest BCUT2D eigenvalue weighted by atomic mass is 16.5. The summed E-state index contributed by atoms with van der Waals surface area (Å²) in [6.45, 7) is 6.41. The van der Waals surface area contributed by atoms with Crippen molar-refractivity contribution >= 4 is 17.6 Å². The number of fused-ring (bicyclic) bond motifs is 2. The van der Waals surface area contributed by atoms with E-state index in [1.807, 2.05) is 24.8 Å². The first-order valence-corrected chi connectivity index (χ1v) is 8.04. The number of esters is 1. The van der Waals surface area contributed by atoms with Gasteiger partial charge in [-0.3, -0.25) is 9.59 Å². The topological polar surface area (TPSA) is 67.9 Å². The Hall–Kier alpha value is -2.08. The number of amides is 1. The lowest BCUT2D eigenvalue weighted by molar-refractivity contribution is -0.131. The summed E-state index contributed by atoms with van der Waals surface area (Å²) in [7, 11) is 0. The molecule has 2 aliphatic rings. The minimum Gasteiger partial charge on any atom is -0.424 e. The van der Waals surface area contributed by atoms with Gasteiger partial charge in [-0.15, -0.1) is 0 Å². The van der Waals surface area contributed by atoms with Gasteiger partial charge >= 0.3 is 5.97 Å². The molecule has 2 unspecified atom stereocenters. The molecule has 1 aromatic rings. The van der Waals surface area contributed by atoms with Crippen LogP contribution in [0, 0.1) is 6.92 Å². The number of hydrogen-bond donors (Lipinski definition) is 1. The van der Waals surface area contributed by atoms with Crippen LogP contribution in [-0.2, 0) is 9.53 Å². The first-order chi connectivity index (χ1) is 11.0. The van der Waals surface area contributed by atoms with Gasteiger partial charge in [0.1, 0.15) is 6.23 Å². The molecule has 1 fully saturated rings. The van der Waals surface area contributed by atoms with E-state index in [-0.39, 0.29) is 18.2 Å². The van der Waals surface area contributed by atoms with E-state index in [9.17, 15) is 9.59 Å². The molecular weight excluding hydrogens is 296 g/mol. The van der Waals surface area contributed by atoms with E-state index in [0.717, 1.165) is 24.9 Å². The largest absolute Gasteiger partial charge is 0.424 e. The summed E-state index contributed by atoms with van der Waals surface area (Å²) in [6.07, 6.45) is 1.57. The van der Waals surface area contributed by atoms with E-state index in [1.165, 1.54) is 6.92 Å². The molecule has 0 spiro atoms. The van der Waals surface area contributed by atoms with E-state index in [1.54, 1.807) is 6.07 Å². The number of nitrogens with zero attached hydrogens (tertiary/aromatic N) is 1. The summed E-state index contributed by atoms with van der Waals surface area (Å²) in [5.41, 5.74) is 1.88. The average Bonchev–Trinajstić information content (AvgIpc) is 2.95.